The third kappa shape index (κ3) is 2.09. The first-order valence-corrected chi connectivity index (χ1v) is 7.03. The van der Waals surface area contributed by atoms with Crippen LogP contribution in [0.4, 0.5) is 4.39 Å². The summed E-state index contributed by atoms with van der Waals surface area (Å²) in [5.74, 6) is -0.700. The second kappa shape index (κ2) is 4.87. The van der Waals surface area contributed by atoms with Crippen LogP contribution in [0.5, 0.6) is 0 Å². The number of rotatable bonds is 4. The molecule has 0 saturated carbocycles. The molecular weight excluding hydrogens is 315 g/mol. The molecule has 2 unspecified atom stereocenters. The van der Waals surface area contributed by atoms with Crippen molar-refractivity contribution in [2.45, 2.75) is 38.4 Å². The third-order valence-electron chi connectivity index (χ3n) is 3.66. The van der Waals surface area contributed by atoms with Crippen molar-refractivity contribution in [3.05, 3.63) is 34.1 Å². The number of epoxide rings is 1. The predicted octanol–water partition coefficient (Wildman–Crippen LogP) is 3.55. The van der Waals surface area contributed by atoms with Crippen LogP contribution in [0.15, 0.2) is 22.7 Å². The van der Waals surface area contributed by atoms with Crippen molar-refractivity contribution in [1.82, 2.24) is 0 Å². The van der Waals surface area contributed by atoms with Gasteiger partial charge in [0.25, 0.3) is 0 Å². The lowest BCUT2D eigenvalue weighted by Crippen LogP contribution is -2.33. The van der Waals surface area contributed by atoms with Crippen molar-refractivity contribution in [3.63, 3.8) is 0 Å². The molecule has 1 aromatic carbocycles. The minimum absolute atomic E-state index is 0.310. The maximum absolute atomic E-state index is 13.1. The molecule has 0 aliphatic carbocycles. The second-order valence-corrected chi connectivity index (χ2v) is 5.51. The highest BCUT2D eigenvalue weighted by molar-refractivity contribution is 9.10. The van der Waals surface area contributed by atoms with E-state index in [4.69, 9.17) is 9.47 Å². The van der Waals surface area contributed by atoms with Crippen molar-refractivity contribution in [3.8, 4) is 0 Å². The highest BCUT2D eigenvalue weighted by atomic mass is 79.9. The molecule has 1 aliphatic heterocycles. The Bertz CT molecular complexity index is 519. The van der Waals surface area contributed by atoms with Gasteiger partial charge in [0.15, 0.2) is 5.60 Å². The molecule has 1 aliphatic rings. The Hall–Kier alpha value is -0.940. The van der Waals surface area contributed by atoms with Crippen LogP contribution < -0.4 is 0 Å². The standard InChI is InChI=1S/C14H16BrFO3/c1-4-14(12(17)18-5-2)13(3,19-14)10-7-6-9(16)8-11(10)15/h6-8H,4-5H2,1-3H3. The van der Waals surface area contributed by atoms with E-state index in [9.17, 15) is 9.18 Å². The van der Waals surface area contributed by atoms with E-state index in [0.717, 1.165) is 5.56 Å². The van der Waals surface area contributed by atoms with Crippen LogP contribution in [0, 0.1) is 5.82 Å². The summed E-state index contributed by atoms with van der Waals surface area (Å²) in [6.45, 7) is 5.77. The lowest BCUT2D eigenvalue weighted by atomic mass is 9.86. The van der Waals surface area contributed by atoms with Crippen LogP contribution in [0.1, 0.15) is 32.8 Å². The molecule has 1 aromatic rings. The number of ether oxygens (including phenoxy) is 2. The summed E-state index contributed by atoms with van der Waals surface area (Å²) in [4.78, 5) is 12.1. The number of carbonyl (C=O) groups is 1. The largest absolute Gasteiger partial charge is 0.464 e. The lowest BCUT2D eigenvalue weighted by Gasteiger charge is -2.15. The molecule has 104 valence electrons. The molecule has 0 spiro atoms. The molecule has 1 fully saturated rings. The maximum Gasteiger partial charge on any atom is 0.341 e. The molecule has 5 heteroatoms. The van der Waals surface area contributed by atoms with Gasteiger partial charge in [0, 0.05) is 10.0 Å². The quantitative estimate of drug-likeness (QED) is 0.626. The topological polar surface area (TPSA) is 38.8 Å². The minimum Gasteiger partial charge on any atom is -0.464 e. The fourth-order valence-corrected chi connectivity index (χ4v) is 3.24. The van der Waals surface area contributed by atoms with Crippen molar-refractivity contribution in [2.24, 2.45) is 0 Å². The van der Waals surface area contributed by atoms with Crippen molar-refractivity contribution >= 4 is 21.9 Å². The number of esters is 1. The summed E-state index contributed by atoms with van der Waals surface area (Å²) in [5, 5.41) is 0. The Morgan fingerprint density at radius 1 is 1.47 bits per heavy atom. The fraction of sp³-hybridized carbons (Fsp3) is 0.500. The van der Waals surface area contributed by atoms with E-state index in [0.29, 0.717) is 17.5 Å². The number of hydrogen-bond donors (Lipinski definition) is 0. The van der Waals surface area contributed by atoms with Gasteiger partial charge in [0.2, 0.25) is 0 Å². The average Bonchev–Trinajstić information content (AvgIpc) is 2.97. The van der Waals surface area contributed by atoms with Crippen molar-refractivity contribution < 1.29 is 18.7 Å². The molecule has 1 heterocycles. The molecule has 1 saturated heterocycles. The fourth-order valence-electron chi connectivity index (χ4n) is 2.51. The molecule has 0 amide bonds. The van der Waals surface area contributed by atoms with Crippen LogP contribution >= 0.6 is 15.9 Å². The molecule has 2 rings (SSSR count). The summed E-state index contributed by atoms with van der Waals surface area (Å²) in [6.07, 6.45) is 0.506. The summed E-state index contributed by atoms with van der Waals surface area (Å²) >= 11 is 3.32. The Balaban J connectivity index is 2.37. The molecular formula is C14H16BrFO3. The lowest BCUT2D eigenvalue weighted by molar-refractivity contribution is -0.149. The zero-order chi connectivity index (χ0) is 14.3. The summed E-state index contributed by atoms with van der Waals surface area (Å²) in [5.41, 5.74) is -0.993. The van der Waals surface area contributed by atoms with E-state index in [1.807, 2.05) is 13.8 Å². The monoisotopic (exact) mass is 330 g/mol. The highest BCUT2D eigenvalue weighted by Crippen LogP contribution is 2.59. The van der Waals surface area contributed by atoms with Gasteiger partial charge in [-0.15, -0.1) is 0 Å². The molecule has 0 aromatic heterocycles. The first kappa shape index (κ1) is 14.5. The number of hydrogen-bond acceptors (Lipinski definition) is 3. The van der Waals surface area contributed by atoms with Crippen LogP contribution in [0.25, 0.3) is 0 Å². The van der Waals surface area contributed by atoms with E-state index in [2.05, 4.69) is 15.9 Å². The van der Waals surface area contributed by atoms with Gasteiger partial charge in [-0.1, -0.05) is 28.9 Å². The maximum atomic E-state index is 13.1. The van der Waals surface area contributed by atoms with Crippen LogP contribution in [-0.2, 0) is 19.9 Å². The van der Waals surface area contributed by atoms with E-state index in [1.165, 1.54) is 12.1 Å². The first-order valence-electron chi connectivity index (χ1n) is 6.24. The zero-order valence-corrected chi connectivity index (χ0v) is 12.7. The summed E-state index contributed by atoms with van der Waals surface area (Å²) in [6, 6.07) is 4.36. The Kier molecular flexibility index (Phi) is 3.71. The Morgan fingerprint density at radius 3 is 2.68 bits per heavy atom. The summed E-state index contributed by atoms with van der Waals surface area (Å²) in [7, 11) is 0. The third-order valence-corrected chi connectivity index (χ3v) is 4.31. The van der Waals surface area contributed by atoms with Gasteiger partial charge >= 0.3 is 5.97 Å². The SMILES string of the molecule is CCOC(=O)C1(CC)OC1(C)c1ccc(F)cc1Br. The van der Waals surface area contributed by atoms with E-state index >= 15 is 0 Å². The molecule has 0 bridgehead atoms. The highest BCUT2D eigenvalue weighted by Gasteiger charge is 2.73. The van der Waals surface area contributed by atoms with Gasteiger partial charge < -0.3 is 9.47 Å². The van der Waals surface area contributed by atoms with Crippen molar-refractivity contribution in [2.75, 3.05) is 6.61 Å². The predicted molar refractivity (Wildman–Crippen MR) is 72.2 cm³/mol. The molecule has 0 radical (unpaired) electrons. The Morgan fingerprint density at radius 2 is 2.16 bits per heavy atom. The van der Waals surface area contributed by atoms with E-state index in [1.54, 1.807) is 13.0 Å². The average molecular weight is 331 g/mol. The molecule has 2 atom stereocenters. The van der Waals surface area contributed by atoms with E-state index < -0.39 is 11.2 Å². The molecule has 0 N–H and O–H groups in total. The second-order valence-electron chi connectivity index (χ2n) is 4.66. The van der Waals surface area contributed by atoms with Gasteiger partial charge in [0.1, 0.15) is 11.4 Å². The van der Waals surface area contributed by atoms with Gasteiger partial charge in [-0.2, -0.15) is 0 Å². The molecule has 3 nitrogen and oxygen atoms in total. The summed E-state index contributed by atoms with van der Waals surface area (Å²) < 4.78 is 24.6. The minimum atomic E-state index is -0.969. The normalized spacial score (nSPS) is 29.1. The van der Waals surface area contributed by atoms with Gasteiger partial charge in [0.05, 0.1) is 6.61 Å². The number of halogens is 2. The van der Waals surface area contributed by atoms with Gasteiger partial charge in [-0.05, 0) is 32.4 Å². The van der Waals surface area contributed by atoms with Crippen LogP contribution in [0.2, 0.25) is 0 Å². The Labute approximate surface area is 120 Å². The van der Waals surface area contributed by atoms with Crippen LogP contribution in [-0.4, -0.2) is 18.2 Å². The van der Waals surface area contributed by atoms with Gasteiger partial charge in [-0.25, -0.2) is 9.18 Å². The van der Waals surface area contributed by atoms with Crippen molar-refractivity contribution in [1.29, 1.82) is 0 Å². The zero-order valence-electron chi connectivity index (χ0n) is 11.1. The number of carbonyl (C=O) groups excluding carboxylic acids is 1. The first-order chi connectivity index (χ1) is 8.91. The molecule has 19 heavy (non-hydrogen) atoms. The van der Waals surface area contributed by atoms with Gasteiger partial charge in [-0.3, -0.25) is 0 Å². The van der Waals surface area contributed by atoms with Crippen LogP contribution in [0.3, 0.4) is 0 Å². The number of benzene rings is 1. The van der Waals surface area contributed by atoms with E-state index in [-0.39, 0.29) is 11.8 Å². The smallest absolute Gasteiger partial charge is 0.341 e.